The number of nitrogens with one attached hydrogen (secondary N) is 1. The lowest BCUT2D eigenvalue weighted by molar-refractivity contribution is 1.15. The van der Waals surface area contributed by atoms with Crippen molar-refractivity contribution < 1.29 is 0 Å². The van der Waals surface area contributed by atoms with Crippen LogP contribution in [-0.4, -0.2) is 4.98 Å². The Morgan fingerprint density at radius 1 is 1.10 bits per heavy atom. The molecule has 0 aliphatic carbocycles. The van der Waals surface area contributed by atoms with Crippen LogP contribution in [0.25, 0.3) is 10.9 Å². The molecule has 1 N–H and O–H groups in total. The first kappa shape index (κ1) is 12.9. The first-order valence-corrected chi connectivity index (χ1v) is 6.94. The predicted molar refractivity (Wildman–Crippen MR) is 85.3 cm³/mol. The van der Waals surface area contributed by atoms with Crippen LogP contribution in [0, 0.1) is 6.92 Å². The van der Waals surface area contributed by atoms with Gasteiger partial charge in [0.1, 0.15) is 0 Å². The number of pyridine rings is 1. The highest BCUT2D eigenvalue weighted by molar-refractivity contribution is 6.35. The minimum absolute atomic E-state index is 0.730. The van der Waals surface area contributed by atoms with E-state index in [0.717, 1.165) is 33.7 Å². The summed E-state index contributed by atoms with van der Waals surface area (Å²) in [5.41, 5.74) is 4.46. The molecule has 0 saturated carbocycles. The Labute approximate surface area is 123 Å². The number of nitrogens with zero attached hydrogens (tertiary/aromatic N) is 1. The summed E-state index contributed by atoms with van der Waals surface area (Å²) in [7, 11) is 0. The van der Waals surface area contributed by atoms with Crippen molar-refractivity contribution in [1.29, 1.82) is 0 Å². The van der Waals surface area contributed by atoms with E-state index in [2.05, 4.69) is 41.5 Å². The third-order valence-electron chi connectivity index (χ3n) is 3.30. The first-order chi connectivity index (χ1) is 9.74. The van der Waals surface area contributed by atoms with E-state index in [4.69, 9.17) is 11.6 Å². The van der Waals surface area contributed by atoms with Crippen molar-refractivity contribution in [1.82, 2.24) is 4.98 Å². The lowest BCUT2D eigenvalue weighted by Gasteiger charge is -2.10. The van der Waals surface area contributed by atoms with E-state index in [1.165, 1.54) is 5.56 Å². The summed E-state index contributed by atoms with van der Waals surface area (Å²) >= 11 is 6.21. The van der Waals surface area contributed by atoms with Gasteiger partial charge in [0.05, 0.1) is 5.52 Å². The summed E-state index contributed by atoms with van der Waals surface area (Å²) in [6, 6.07) is 16.2. The molecule has 3 heteroatoms. The highest BCUT2D eigenvalue weighted by atomic mass is 35.5. The van der Waals surface area contributed by atoms with E-state index in [-0.39, 0.29) is 0 Å². The maximum Gasteiger partial charge on any atom is 0.0766 e. The second-order valence-corrected chi connectivity index (χ2v) is 5.24. The van der Waals surface area contributed by atoms with Crippen LogP contribution in [-0.2, 0) is 6.54 Å². The van der Waals surface area contributed by atoms with Crippen molar-refractivity contribution >= 4 is 28.2 Å². The van der Waals surface area contributed by atoms with E-state index in [9.17, 15) is 0 Å². The molecule has 0 fully saturated rings. The number of fused-ring (bicyclic) bond motifs is 1. The molecule has 0 amide bonds. The number of benzene rings is 2. The number of hydrogen-bond acceptors (Lipinski definition) is 2. The Bertz CT molecular complexity index is 753. The molecule has 2 nitrogen and oxygen atoms in total. The Morgan fingerprint density at radius 3 is 2.85 bits per heavy atom. The van der Waals surface area contributed by atoms with Crippen LogP contribution in [0.2, 0.25) is 5.02 Å². The number of aryl methyl sites for hydroxylation is 1. The minimum atomic E-state index is 0.730. The number of aromatic nitrogens is 1. The molecule has 0 aliphatic rings. The smallest absolute Gasteiger partial charge is 0.0766 e. The third kappa shape index (κ3) is 2.61. The van der Waals surface area contributed by atoms with Crippen LogP contribution in [0.15, 0.2) is 54.7 Å². The van der Waals surface area contributed by atoms with Crippen molar-refractivity contribution in [3.8, 4) is 0 Å². The fourth-order valence-corrected chi connectivity index (χ4v) is 2.51. The first-order valence-electron chi connectivity index (χ1n) is 6.57. The summed E-state index contributed by atoms with van der Waals surface area (Å²) in [4.78, 5) is 4.45. The van der Waals surface area contributed by atoms with Gasteiger partial charge < -0.3 is 5.32 Å². The van der Waals surface area contributed by atoms with Crippen LogP contribution in [0.1, 0.15) is 11.1 Å². The molecule has 3 rings (SSSR count). The quantitative estimate of drug-likeness (QED) is 0.746. The van der Waals surface area contributed by atoms with Crippen molar-refractivity contribution in [2.75, 3.05) is 5.32 Å². The van der Waals surface area contributed by atoms with Gasteiger partial charge in [-0.15, -0.1) is 0 Å². The van der Waals surface area contributed by atoms with Gasteiger partial charge >= 0.3 is 0 Å². The Hall–Kier alpha value is -2.06. The van der Waals surface area contributed by atoms with Crippen molar-refractivity contribution in [3.63, 3.8) is 0 Å². The summed E-state index contributed by atoms with van der Waals surface area (Å²) in [5.74, 6) is 0. The van der Waals surface area contributed by atoms with Gasteiger partial charge in [-0.1, -0.05) is 29.8 Å². The Balaban J connectivity index is 1.90. The molecule has 0 unspecified atom stereocenters. The minimum Gasteiger partial charge on any atom is -0.381 e. The van der Waals surface area contributed by atoms with Gasteiger partial charge in [0.15, 0.2) is 0 Å². The molecule has 0 aliphatic heterocycles. The summed E-state index contributed by atoms with van der Waals surface area (Å²) in [6.07, 6.45) is 1.80. The monoisotopic (exact) mass is 282 g/mol. The van der Waals surface area contributed by atoms with Gasteiger partial charge in [-0.3, -0.25) is 4.98 Å². The van der Waals surface area contributed by atoms with E-state index in [1.54, 1.807) is 6.20 Å². The summed E-state index contributed by atoms with van der Waals surface area (Å²) in [6.45, 7) is 2.82. The van der Waals surface area contributed by atoms with E-state index in [0.29, 0.717) is 0 Å². The van der Waals surface area contributed by atoms with Crippen LogP contribution in [0.5, 0.6) is 0 Å². The second kappa shape index (κ2) is 5.51. The van der Waals surface area contributed by atoms with Gasteiger partial charge in [-0.05, 0) is 48.4 Å². The normalized spacial score (nSPS) is 10.7. The van der Waals surface area contributed by atoms with Gasteiger partial charge in [-0.25, -0.2) is 0 Å². The third-order valence-corrected chi connectivity index (χ3v) is 3.63. The van der Waals surface area contributed by atoms with E-state index >= 15 is 0 Å². The van der Waals surface area contributed by atoms with E-state index < -0.39 is 0 Å². The molecule has 1 heterocycles. The van der Waals surface area contributed by atoms with Gasteiger partial charge in [0, 0.05) is 28.8 Å². The molecule has 1 aromatic heterocycles. The van der Waals surface area contributed by atoms with E-state index in [1.807, 2.05) is 24.3 Å². The second-order valence-electron chi connectivity index (χ2n) is 4.83. The zero-order valence-electron chi connectivity index (χ0n) is 11.2. The number of rotatable bonds is 3. The molecule has 3 aromatic rings. The van der Waals surface area contributed by atoms with Crippen LogP contribution >= 0.6 is 11.6 Å². The fraction of sp³-hybridized carbons (Fsp3) is 0.118. The average Bonchev–Trinajstić information content (AvgIpc) is 2.47. The molecule has 100 valence electrons. The molecule has 0 atom stereocenters. The SMILES string of the molecule is Cc1cccc(NCc2ccc(Cl)c3cccnc23)c1. The Morgan fingerprint density at radius 2 is 2.00 bits per heavy atom. The highest BCUT2D eigenvalue weighted by Gasteiger charge is 2.05. The molecule has 20 heavy (non-hydrogen) atoms. The number of anilines is 1. The van der Waals surface area contributed by atoms with Crippen LogP contribution < -0.4 is 5.32 Å². The predicted octanol–water partition coefficient (Wildman–Crippen LogP) is 4.81. The molecular formula is C17H15ClN2. The van der Waals surface area contributed by atoms with Gasteiger partial charge in [0.2, 0.25) is 0 Å². The van der Waals surface area contributed by atoms with Gasteiger partial charge in [-0.2, -0.15) is 0 Å². The topological polar surface area (TPSA) is 24.9 Å². The van der Waals surface area contributed by atoms with Gasteiger partial charge in [0.25, 0.3) is 0 Å². The molecule has 0 saturated heterocycles. The summed E-state index contributed by atoms with van der Waals surface area (Å²) in [5, 5.41) is 5.17. The maximum atomic E-state index is 6.21. The maximum absolute atomic E-state index is 6.21. The number of hydrogen-bond donors (Lipinski definition) is 1. The average molecular weight is 283 g/mol. The molecule has 0 bridgehead atoms. The van der Waals surface area contributed by atoms with Crippen LogP contribution in [0.3, 0.4) is 0 Å². The highest BCUT2D eigenvalue weighted by Crippen LogP contribution is 2.25. The lowest BCUT2D eigenvalue weighted by atomic mass is 10.1. The molecular weight excluding hydrogens is 268 g/mol. The Kier molecular flexibility index (Phi) is 3.57. The fourth-order valence-electron chi connectivity index (χ4n) is 2.29. The van der Waals surface area contributed by atoms with Crippen molar-refractivity contribution in [2.24, 2.45) is 0 Å². The summed E-state index contributed by atoms with van der Waals surface area (Å²) < 4.78 is 0. The zero-order valence-corrected chi connectivity index (χ0v) is 12.0. The molecule has 2 aromatic carbocycles. The number of halogens is 1. The molecule has 0 spiro atoms. The van der Waals surface area contributed by atoms with Crippen molar-refractivity contribution in [2.45, 2.75) is 13.5 Å². The van der Waals surface area contributed by atoms with Crippen LogP contribution in [0.4, 0.5) is 5.69 Å². The largest absolute Gasteiger partial charge is 0.381 e. The van der Waals surface area contributed by atoms with Crippen molar-refractivity contribution in [3.05, 3.63) is 70.9 Å². The standard InChI is InChI=1S/C17H15ClN2/c1-12-4-2-5-14(10-12)20-11-13-7-8-16(18)15-6-3-9-19-17(13)15/h2-10,20H,11H2,1H3. The zero-order chi connectivity index (χ0) is 13.9. The lowest BCUT2D eigenvalue weighted by Crippen LogP contribution is -2.01. The molecule has 0 radical (unpaired) electrons.